The monoisotopic (exact) mass is 489 g/mol. The smallest absolute Gasteiger partial charge is 0.329 e. The lowest BCUT2D eigenvalue weighted by Crippen LogP contribution is -2.52. The highest BCUT2D eigenvalue weighted by Crippen LogP contribution is 2.32. The fourth-order valence-electron chi connectivity index (χ4n) is 4.19. The average molecular weight is 489 g/mol. The number of halogens is 3. The van der Waals surface area contributed by atoms with E-state index >= 15 is 0 Å². The zero-order valence-corrected chi connectivity index (χ0v) is 19.2. The molecule has 2 saturated heterocycles. The zero-order chi connectivity index (χ0) is 25.2. The van der Waals surface area contributed by atoms with E-state index in [-0.39, 0.29) is 43.1 Å². The molecule has 2 heterocycles. The number of likely N-dealkylation sites (tertiary alicyclic amines) is 1. The van der Waals surface area contributed by atoms with Crippen LogP contribution >= 0.6 is 0 Å². The number of ether oxygens (including phenoxy) is 1. The number of nitrogens with zero attached hydrogens (tertiary/aromatic N) is 2. The summed E-state index contributed by atoms with van der Waals surface area (Å²) in [5.74, 6) is -3.82. The first-order valence-corrected chi connectivity index (χ1v) is 11.2. The number of anilines is 1. The number of amides is 3. The van der Waals surface area contributed by atoms with Crippen LogP contribution in [-0.2, 0) is 11.3 Å². The first-order valence-electron chi connectivity index (χ1n) is 11.2. The summed E-state index contributed by atoms with van der Waals surface area (Å²) < 4.78 is 47.8. The highest BCUT2D eigenvalue weighted by Gasteiger charge is 2.35. The van der Waals surface area contributed by atoms with Crippen LogP contribution in [0.1, 0.15) is 30.4 Å². The number of alkyl halides is 2. The van der Waals surface area contributed by atoms with Crippen molar-refractivity contribution in [1.82, 2.24) is 15.1 Å². The molecular formula is C24H26F3N5O3. The van der Waals surface area contributed by atoms with Crippen molar-refractivity contribution >= 4 is 23.5 Å². The van der Waals surface area contributed by atoms with Crippen molar-refractivity contribution < 1.29 is 27.5 Å². The predicted octanol–water partition coefficient (Wildman–Crippen LogP) is 4.16. The van der Waals surface area contributed by atoms with Gasteiger partial charge in [0.25, 0.3) is 5.92 Å². The molecule has 35 heavy (non-hydrogen) atoms. The molecule has 186 valence electrons. The summed E-state index contributed by atoms with van der Waals surface area (Å²) in [6.45, 7) is 0.761. The lowest BCUT2D eigenvalue weighted by atomic mass is 10.1. The molecule has 0 atom stereocenters. The summed E-state index contributed by atoms with van der Waals surface area (Å²) in [6, 6.07) is 8.52. The van der Waals surface area contributed by atoms with Crippen molar-refractivity contribution in [3.8, 4) is 11.5 Å². The van der Waals surface area contributed by atoms with Crippen molar-refractivity contribution in [2.45, 2.75) is 31.7 Å². The quantitative estimate of drug-likeness (QED) is 0.418. The zero-order valence-electron chi connectivity index (χ0n) is 19.2. The van der Waals surface area contributed by atoms with Gasteiger partial charge in [-0.05, 0) is 36.7 Å². The van der Waals surface area contributed by atoms with Gasteiger partial charge in [0.05, 0.1) is 6.54 Å². The van der Waals surface area contributed by atoms with Crippen LogP contribution in [0.15, 0.2) is 36.4 Å². The van der Waals surface area contributed by atoms with E-state index in [0.29, 0.717) is 30.9 Å². The molecule has 2 aromatic carbocycles. The highest BCUT2D eigenvalue weighted by molar-refractivity contribution is 6.12. The van der Waals surface area contributed by atoms with Gasteiger partial charge in [0, 0.05) is 50.3 Å². The topological polar surface area (TPSA) is 97.8 Å². The Kier molecular flexibility index (Phi) is 6.97. The minimum atomic E-state index is -2.67. The second kappa shape index (κ2) is 9.95. The van der Waals surface area contributed by atoms with Gasteiger partial charge in [-0.25, -0.2) is 18.0 Å². The maximum absolute atomic E-state index is 14.9. The van der Waals surface area contributed by atoms with Gasteiger partial charge in [-0.15, -0.1) is 0 Å². The molecule has 0 spiro atoms. The number of piperidine rings is 1. The number of amidine groups is 1. The molecule has 4 rings (SSSR count). The summed E-state index contributed by atoms with van der Waals surface area (Å²) in [5.41, 5.74) is 1.34. The first-order chi connectivity index (χ1) is 16.6. The molecule has 0 bridgehead atoms. The van der Waals surface area contributed by atoms with Crippen LogP contribution in [0.5, 0.6) is 11.5 Å². The van der Waals surface area contributed by atoms with Gasteiger partial charge < -0.3 is 10.1 Å². The molecule has 11 heteroatoms. The molecule has 2 aromatic rings. The van der Waals surface area contributed by atoms with Gasteiger partial charge in [-0.1, -0.05) is 12.1 Å². The van der Waals surface area contributed by atoms with E-state index in [9.17, 15) is 22.8 Å². The number of imide groups is 1. The van der Waals surface area contributed by atoms with Crippen LogP contribution in [0.25, 0.3) is 0 Å². The number of urea groups is 1. The Morgan fingerprint density at radius 1 is 1.20 bits per heavy atom. The minimum absolute atomic E-state index is 0.0218. The molecule has 8 nitrogen and oxygen atoms in total. The molecule has 2 aliphatic heterocycles. The average Bonchev–Trinajstić information content (AvgIpc) is 2.80. The van der Waals surface area contributed by atoms with Crippen LogP contribution in [0.2, 0.25) is 0 Å². The summed E-state index contributed by atoms with van der Waals surface area (Å²) in [4.78, 5) is 26.2. The molecule has 0 aromatic heterocycles. The lowest BCUT2D eigenvalue weighted by molar-refractivity contribution is -0.121. The number of hydrogen-bond acceptors (Lipinski definition) is 6. The number of hydrogen-bond donors (Lipinski definition) is 3. The number of benzene rings is 2. The van der Waals surface area contributed by atoms with Crippen molar-refractivity contribution in [2.24, 2.45) is 0 Å². The fraction of sp³-hybridized carbons (Fsp3) is 0.375. The third kappa shape index (κ3) is 5.73. The number of carbonyl (C=O) groups excluding carboxylic acids is 2. The third-order valence-corrected chi connectivity index (χ3v) is 5.95. The number of carbonyl (C=O) groups is 2. The standard InChI is InChI=1S/C24H26F3N5O3/c1-29-19-12-20(18(25)11-17(19)22(28)32-10-7-21(33)30-23(32)34)35-16-5-3-15(4-6-16)13-31-9-2-8-24(26,27)14-31/h3-6,11-12,28-29H,2,7-10,13-14H2,1H3,(H,30,33,34). The molecular weight excluding hydrogens is 463 g/mol. The molecule has 0 aliphatic carbocycles. The SMILES string of the molecule is CNc1cc(Oc2ccc(CN3CCCC(F)(F)C3)cc2)c(F)cc1C(=N)N1CCC(=O)NC1=O. The third-order valence-electron chi connectivity index (χ3n) is 5.95. The number of nitrogens with one attached hydrogen (secondary N) is 3. The van der Waals surface area contributed by atoms with E-state index in [4.69, 9.17) is 10.1 Å². The minimum Gasteiger partial charge on any atom is -0.454 e. The van der Waals surface area contributed by atoms with Gasteiger partial charge >= 0.3 is 6.03 Å². The molecule has 0 radical (unpaired) electrons. The van der Waals surface area contributed by atoms with Crippen molar-refractivity contribution in [1.29, 1.82) is 5.41 Å². The molecule has 0 saturated carbocycles. The fourth-order valence-corrected chi connectivity index (χ4v) is 4.19. The molecule has 3 amide bonds. The largest absolute Gasteiger partial charge is 0.454 e. The molecule has 2 aliphatic rings. The van der Waals surface area contributed by atoms with Crippen LogP contribution in [0.3, 0.4) is 0 Å². The van der Waals surface area contributed by atoms with E-state index in [1.54, 1.807) is 36.2 Å². The van der Waals surface area contributed by atoms with E-state index in [1.807, 2.05) is 0 Å². The van der Waals surface area contributed by atoms with Gasteiger partial charge in [0.1, 0.15) is 11.6 Å². The van der Waals surface area contributed by atoms with Crippen LogP contribution in [0, 0.1) is 11.2 Å². The normalized spacial score (nSPS) is 18.2. The van der Waals surface area contributed by atoms with Gasteiger partial charge in [-0.2, -0.15) is 0 Å². The van der Waals surface area contributed by atoms with Crippen molar-refractivity contribution in [2.75, 3.05) is 32.0 Å². The van der Waals surface area contributed by atoms with Gasteiger partial charge in [-0.3, -0.25) is 25.3 Å². The van der Waals surface area contributed by atoms with Gasteiger partial charge in [0.2, 0.25) is 5.91 Å². The summed E-state index contributed by atoms with van der Waals surface area (Å²) in [6.07, 6.45) is 0.414. The van der Waals surface area contributed by atoms with E-state index in [0.717, 1.165) is 16.5 Å². The van der Waals surface area contributed by atoms with Crippen molar-refractivity contribution in [3.05, 3.63) is 53.3 Å². The second-order valence-electron chi connectivity index (χ2n) is 8.60. The van der Waals surface area contributed by atoms with Crippen LogP contribution in [-0.4, -0.2) is 60.2 Å². The Morgan fingerprint density at radius 3 is 2.60 bits per heavy atom. The van der Waals surface area contributed by atoms with E-state index in [2.05, 4.69) is 10.6 Å². The van der Waals surface area contributed by atoms with Gasteiger partial charge in [0.15, 0.2) is 11.6 Å². The Bertz CT molecular complexity index is 1140. The summed E-state index contributed by atoms with van der Waals surface area (Å²) >= 11 is 0. The second-order valence-corrected chi connectivity index (χ2v) is 8.60. The molecule has 2 fully saturated rings. The Hall–Kier alpha value is -3.60. The van der Waals surface area contributed by atoms with Crippen molar-refractivity contribution in [3.63, 3.8) is 0 Å². The Morgan fingerprint density at radius 2 is 1.94 bits per heavy atom. The number of rotatable bonds is 6. The predicted molar refractivity (Wildman–Crippen MR) is 124 cm³/mol. The molecule has 0 unspecified atom stereocenters. The highest BCUT2D eigenvalue weighted by atomic mass is 19.3. The lowest BCUT2D eigenvalue weighted by Gasteiger charge is -2.32. The summed E-state index contributed by atoms with van der Waals surface area (Å²) in [5, 5.41) is 13.4. The van der Waals surface area contributed by atoms with Crippen LogP contribution in [0.4, 0.5) is 23.7 Å². The Labute approximate surface area is 200 Å². The summed E-state index contributed by atoms with van der Waals surface area (Å²) in [7, 11) is 1.59. The first kappa shape index (κ1) is 24.5. The maximum atomic E-state index is 14.9. The molecule has 3 N–H and O–H groups in total. The van der Waals surface area contributed by atoms with E-state index in [1.165, 1.54) is 6.07 Å². The maximum Gasteiger partial charge on any atom is 0.329 e. The Balaban J connectivity index is 1.46. The van der Waals surface area contributed by atoms with Crippen LogP contribution < -0.4 is 15.4 Å². The van der Waals surface area contributed by atoms with E-state index < -0.39 is 23.7 Å².